The Kier molecular flexibility index (Phi) is 6.25. The summed E-state index contributed by atoms with van der Waals surface area (Å²) in [7, 11) is 0. The molecule has 3 aromatic carbocycles. The molecule has 158 valence electrons. The number of amides is 1. The van der Waals surface area contributed by atoms with E-state index in [0.717, 1.165) is 10.0 Å². The van der Waals surface area contributed by atoms with Gasteiger partial charge in [0.2, 0.25) is 11.7 Å². The Labute approximate surface area is 193 Å². The third kappa shape index (κ3) is 4.43. The lowest BCUT2D eigenvalue weighted by molar-refractivity contribution is -0.129. The summed E-state index contributed by atoms with van der Waals surface area (Å²) in [5.74, 6) is -1.65. The SMILES string of the molecule is CC(=O)Nc1ccc(C2(c3ccc(Cl)cc3)OCCO2)cc1C(=O)c1cccc(Br)c1. The molecule has 1 heterocycles. The highest BCUT2D eigenvalue weighted by atomic mass is 79.9. The van der Waals surface area contributed by atoms with E-state index in [-0.39, 0.29) is 11.7 Å². The minimum atomic E-state index is -1.16. The van der Waals surface area contributed by atoms with Gasteiger partial charge in [0, 0.05) is 38.7 Å². The molecule has 31 heavy (non-hydrogen) atoms. The Hall–Kier alpha value is -2.51. The highest BCUT2D eigenvalue weighted by Gasteiger charge is 2.41. The zero-order chi connectivity index (χ0) is 22.0. The van der Waals surface area contributed by atoms with E-state index in [1.165, 1.54) is 6.92 Å². The molecule has 0 spiro atoms. The van der Waals surface area contributed by atoms with E-state index >= 15 is 0 Å². The van der Waals surface area contributed by atoms with Crippen molar-refractivity contribution >= 4 is 44.9 Å². The summed E-state index contributed by atoms with van der Waals surface area (Å²) in [6, 6.07) is 19.5. The quantitative estimate of drug-likeness (QED) is 0.467. The molecule has 0 aliphatic carbocycles. The van der Waals surface area contributed by atoms with Gasteiger partial charge in [0.25, 0.3) is 0 Å². The minimum Gasteiger partial charge on any atom is -0.340 e. The fourth-order valence-corrected chi connectivity index (χ4v) is 4.13. The van der Waals surface area contributed by atoms with E-state index in [0.29, 0.717) is 40.6 Å². The number of halogens is 2. The van der Waals surface area contributed by atoms with Crippen molar-refractivity contribution in [3.05, 3.63) is 98.5 Å². The number of carbonyl (C=O) groups is 2. The van der Waals surface area contributed by atoms with Crippen LogP contribution in [0.4, 0.5) is 5.69 Å². The predicted octanol–water partition coefficient (Wildman–Crippen LogP) is 5.54. The van der Waals surface area contributed by atoms with Gasteiger partial charge >= 0.3 is 0 Å². The molecule has 1 aliphatic rings. The lowest BCUT2D eigenvalue weighted by Crippen LogP contribution is -2.29. The molecule has 5 nitrogen and oxygen atoms in total. The first-order chi connectivity index (χ1) is 14.9. The second-order valence-electron chi connectivity index (χ2n) is 7.10. The normalized spacial score (nSPS) is 14.9. The number of carbonyl (C=O) groups excluding carboxylic acids is 2. The molecular formula is C24H19BrClNO4. The van der Waals surface area contributed by atoms with Crippen LogP contribution in [0.15, 0.2) is 71.2 Å². The average Bonchev–Trinajstić information content (AvgIpc) is 3.25. The molecular weight excluding hydrogens is 482 g/mol. The van der Waals surface area contributed by atoms with Gasteiger partial charge in [-0.15, -0.1) is 0 Å². The first-order valence-electron chi connectivity index (χ1n) is 9.65. The van der Waals surface area contributed by atoms with Crippen molar-refractivity contribution in [2.45, 2.75) is 12.7 Å². The van der Waals surface area contributed by atoms with Crippen LogP contribution in [0.2, 0.25) is 5.02 Å². The second kappa shape index (κ2) is 8.93. The maximum absolute atomic E-state index is 13.4. The average molecular weight is 501 g/mol. The molecule has 0 aromatic heterocycles. The fourth-order valence-electron chi connectivity index (χ4n) is 3.60. The number of ketones is 1. The molecule has 1 N–H and O–H groups in total. The van der Waals surface area contributed by atoms with Crippen LogP contribution < -0.4 is 5.32 Å². The Morgan fingerprint density at radius 1 is 0.968 bits per heavy atom. The van der Waals surface area contributed by atoms with Crippen LogP contribution in [0.1, 0.15) is 34.0 Å². The van der Waals surface area contributed by atoms with Gasteiger partial charge < -0.3 is 14.8 Å². The summed E-state index contributed by atoms with van der Waals surface area (Å²) < 4.78 is 12.9. The number of hydrogen-bond acceptors (Lipinski definition) is 4. The van der Waals surface area contributed by atoms with Crippen molar-refractivity contribution in [3.63, 3.8) is 0 Å². The highest BCUT2D eigenvalue weighted by Crippen LogP contribution is 2.40. The maximum Gasteiger partial charge on any atom is 0.222 e. The summed E-state index contributed by atoms with van der Waals surface area (Å²) in [6.07, 6.45) is 0. The standard InChI is InChI=1S/C24H19BrClNO4/c1-15(28)27-22-10-7-18(14-21(22)23(29)16-3-2-4-19(25)13-16)24(30-11-12-31-24)17-5-8-20(26)9-6-17/h2-10,13-14H,11-12H2,1H3,(H,27,28). The van der Waals surface area contributed by atoms with E-state index in [4.69, 9.17) is 21.1 Å². The van der Waals surface area contributed by atoms with Gasteiger partial charge in [-0.05, 0) is 36.4 Å². The number of nitrogens with one attached hydrogen (secondary N) is 1. The van der Waals surface area contributed by atoms with Gasteiger partial charge in [-0.3, -0.25) is 9.59 Å². The van der Waals surface area contributed by atoms with Crippen LogP contribution in [0.25, 0.3) is 0 Å². The van der Waals surface area contributed by atoms with Gasteiger partial charge in [0.1, 0.15) is 0 Å². The van der Waals surface area contributed by atoms with Crippen molar-refractivity contribution < 1.29 is 19.1 Å². The lowest BCUT2D eigenvalue weighted by atomic mass is 9.92. The molecule has 7 heteroatoms. The summed E-state index contributed by atoms with van der Waals surface area (Å²) in [5, 5.41) is 3.35. The summed E-state index contributed by atoms with van der Waals surface area (Å²) in [4.78, 5) is 25.1. The van der Waals surface area contributed by atoms with Crippen molar-refractivity contribution in [3.8, 4) is 0 Å². The first-order valence-corrected chi connectivity index (χ1v) is 10.8. The molecule has 1 saturated heterocycles. The fraction of sp³-hybridized carbons (Fsp3) is 0.167. The van der Waals surface area contributed by atoms with Crippen LogP contribution in [-0.4, -0.2) is 24.9 Å². The number of rotatable bonds is 5. The Balaban J connectivity index is 1.85. The van der Waals surface area contributed by atoms with E-state index in [1.807, 2.05) is 18.2 Å². The van der Waals surface area contributed by atoms with Gasteiger partial charge in [0.05, 0.1) is 18.9 Å². The Bertz CT molecular complexity index is 1140. The zero-order valence-corrected chi connectivity index (χ0v) is 19.0. The number of ether oxygens (including phenoxy) is 2. The van der Waals surface area contributed by atoms with Crippen molar-refractivity contribution in [2.24, 2.45) is 0 Å². The van der Waals surface area contributed by atoms with Crippen LogP contribution in [0.5, 0.6) is 0 Å². The highest BCUT2D eigenvalue weighted by molar-refractivity contribution is 9.10. The van der Waals surface area contributed by atoms with Gasteiger partial charge in [0.15, 0.2) is 5.78 Å². The Morgan fingerprint density at radius 3 is 2.29 bits per heavy atom. The summed E-state index contributed by atoms with van der Waals surface area (Å²) in [6.45, 7) is 2.22. The molecule has 0 unspecified atom stereocenters. The van der Waals surface area contributed by atoms with Crippen LogP contribution >= 0.6 is 27.5 Å². The van der Waals surface area contributed by atoms with Gasteiger partial charge in [-0.25, -0.2) is 0 Å². The van der Waals surface area contributed by atoms with E-state index in [9.17, 15) is 9.59 Å². The van der Waals surface area contributed by atoms with E-state index in [2.05, 4.69) is 21.2 Å². The molecule has 3 aromatic rings. The van der Waals surface area contributed by atoms with Crippen LogP contribution in [-0.2, 0) is 20.1 Å². The Morgan fingerprint density at radius 2 is 1.65 bits per heavy atom. The van der Waals surface area contributed by atoms with E-state index in [1.54, 1.807) is 48.5 Å². The lowest BCUT2D eigenvalue weighted by Gasteiger charge is -2.29. The molecule has 0 radical (unpaired) electrons. The molecule has 1 amide bonds. The largest absolute Gasteiger partial charge is 0.340 e. The molecule has 1 fully saturated rings. The van der Waals surface area contributed by atoms with Gasteiger partial charge in [-0.2, -0.15) is 0 Å². The molecule has 4 rings (SSSR count). The summed E-state index contributed by atoms with van der Waals surface area (Å²) in [5.41, 5.74) is 2.68. The van der Waals surface area contributed by atoms with E-state index < -0.39 is 5.79 Å². The van der Waals surface area contributed by atoms with Crippen molar-refractivity contribution in [1.82, 2.24) is 0 Å². The monoisotopic (exact) mass is 499 g/mol. The predicted molar refractivity (Wildman–Crippen MR) is 122 cm³/mol. The molecule has 0 atom stereocenters. The zero-order valence-electron chi connectivity index (χ0n) is 16.7. The first kappa shape index (κ1) is 21.7. The van der Waals surface area contributed by atoms with Crippen molar-refractivity contribution in [2.75, 3.05) is 18.5 Å². The molecule has 0 bridgehead atoms. The van der Waals surface area contributed by atoms with Crippen molar-refractivity contribution in [1.29, 1.82) is 0 Å². The van der Waals surface area contributed by atoms with Crippen LogP contribution in [0, 0.1) is 0 Å². The topological polar surface area (TPSA) is 64.6 Å². The van der Waals surface area contributed by atoms with Gasteiger partial charge in [-0.1, -0.05) is 57.9 Å². The molecule has 0 saturated carbocycles. The minimum absolute atomic E-state index is 0.226. The molecule has 1 aliphatic heterocycles. The number of hydrogen-bond donors (Lipinski definition) is 1. The third-order valence-corrected chi connectivity index (χ3v) is 5.71. The second-order valence-corrected chi connectivity index (χ2v) is 8.45. The smallest absolute Gasteiger partial charge is 0.222 e. The third-order valence-electron chi connectivity index (χ3n) is 4.96. The maximum atomic E-state index is 13.4. The van der Waals surface area contributed by atoms with Crippen LogP contribution in [0.3, 0.4) is 0 Å². The summed E-state index contributed by atoms with van der Waals surface area (Å²) >= 11 is 9.46. The number of benzene rings is 3. The number of anilines is 1.